The predicted octanol–water partition coefficient (Wildman–Crippen LogP) is 5.68. The van der Waals surface area contributed by atoms with Crippen LogP contribution in [0.25, 0.3) is 0 Å². The largest absolute Gasteiger partial charge is 0.494 e. The molecule has 3 rings (SSSR count). The van der Waals surface area contributed by atoms with E-state index >= 15 is 0 Å². The van der Waals surface area contributed by atoms with Crippen molar-refractivity contribution in [3.05, 3.63) is 58.6 Å². The van der Waals surface area contributed by atoms with Crippen molar-refractivity contribution < 1.29 is 22.6 Å². The molecule has 1 heterocycles. The predicted molar refractivity (Wildman–Crippen MR) is 133 cm³/mol. The number of thiocarbonyl (C=S) groups is 1. The van der Waals surface area contributed by atoms with Crippen LogP contribution in [0.4, 0.5) is 18.9 Å². The summed E-state index contributed by atoms with van der Waals surface area (Å²) in [5.74, 6) is 0.730. The number of hydrogen-bond acceptors (Lipinski definition) is 4. The molecule has 1 fully saturated rings. The average Bonchev–Trinajstić information content (AvgIpc) is 2.81. The van der Waals surface area contributed by atoms with Crippen molar-refractivity contribution in [2.75, 3.05) is 51.3 Å². The van der Waals surface area contributed by atoms with Gasteiger partial charge in [-0.2, -0.15) is 13.2 Å². The molecule has 1 aliphatic heterocycles. The zero-order valence-electron chi connectivity index (χ0n) is 19.0. The second-order valence-electron chi connectivity index (χ2n) is 7.89. The molecule has 0 radical (unpaired) electrons. The fourth-order valence-electron chi connectivity index (χ4n) is 3.75. The summed E-state index contributed by atoms with van der Waals surface area (Å²) in [5.41, 5.74) is -0.0736. The maximum atomic E-state index is 13.6. The molecule has 34 heavy (non-hydrogen) atoms. The van der Waals surface area contributed by atoms with Crippen LogP contribution in [0.3, 0.4) is 0 Å². The van der Waals surface area contributed by atoms with Crippen LogP contribution in [0.5, 0.6) is 5.75 Å². The maximum Gasteiger partial charge on any atom is 0.418 e. The molecule has 0 amide bonds. The summed E-state index contributed by atoms with van der Waals surface area (Å²) in [4.78, 5) is 4.19. The number of nitrogens with zero attached hydrogens (tertiary/aromatic N) is 2. The molecule has 1 N–H and O–H groups in total. The molecule has 2 aromatic rings. The highest BCUT2D eigenvalue weighted by atomic mass is 35.5. The minimum atomic E-state index is -4.56. The number of benzene rings is 2. The van der Waals surface area contributed by atoms with Gasteiger partial charge in [-0.05, 0) is 49.8 Å². The highest BCUT2D eigenvalue weighted by molar-refractivity contribution is 7.80. The van der Waals surface area contributed by atoms with E-state index in [1.807, 2.05) is 36.1 Å². The van der Waals surface area contributed by atoms with Gasteiger partial charge >= 0.3 is 6.18 Å². The lowest BCUT2D eigenvalue weighted by molar-refractivity contribution is -0.136. The van der Waals surface area contributed by atoms with Gasteiger partial charge in [0.1, 0.15) is 5.75 Å². The first-order valence-electron chi connectivity index (χ1n) is 11.2. The van der Waals surface area contributed by atoms with Crippen LogP contribution in [0.15, 0.2) is 42.5 Å². The Bertz CT molecular complexity index is 955. The van der Waals surface area contributed by atoms with E-state index in [2.05, 4.69) is 10.2 Å². The molecule has 0 spiro atoms. The molecule has 2 aromatic carbocycles. The molecule has 0 aromatic heterocycles. The van der Waals surface area contributed by atoms with E-state index < -0.39 is 11.7 Å². The molecule has 1 saturated heterocycles. The van der Waals surface area contributed by atoms with Gasteiger partial charge < -0.3 is 19.7 Å². The normalized spacial score (nSPS) is 14.6. The number of halogens is 4. The van der Waals surface area contributed by atoms with Crippen molar-refractivity contribution in [1.29, 1.82) is 0 Å². The quantitative estimate of drug-likeness (QED) is 0.433. The van der Waals surface area contributed by atoms with Gasteiger partial charge in [0, 0.05) is 43.3 Å². The van der Waals surface area contributed by atoms with Gasteiger partial charge in [-0.15, -0.1) is 0 Å². The van der Waals surface area contributed by atoms with Crippen LogP contribution >= 0.6 is 23.8 Å². The summed E-state index contributed by atoms with van der Waals surface area (Å²) in [5, 5.41) is 3.03. The Balaban J connectivity index is 1.77. The fraction of sp³-hybridized carbons (Fsp3) is 0.458. The summed E-state index contributed by atoms with van der Waals surface area (Å²) in [7, 11) is 0. The monoisotopic (exact) mass is 515 g/mol. The van der Waals surface area contributed by atoms with Crippen LogP contribution in [0, 0.1) is 0 Å². The van der Waals surface area contributed by atoms with Crippen LogP contribution in [-0.4, -0.2) is 60.9 Å². The molecule has 1 aliphatic rings. The van der Waals surface area contributed by atoms with E-state index in [1.54, 1.807) is 0 Å². The molecule has 0 atom stereocenters. The summed E-state index contributed by atoms with van der Waals surface area (Å²) in [6.07, 6.45) is -3.77. The number of alkyl halides is 3. The zero-order chi connectivity index (χ0) is 24.6. The number of nitrogens with one attached hydrogen (secondary N) is 1. The lowest BCUT2D eigenvalue weighted by Gasteiger charge is -2.30. The topological polar surface area (TPSA) is 37.0 Å². The first-order chi connectivity index (χ1) is 16.3. The molecule has 0 aliphatic carbocycles. The number of morpholine rings is 1. The molecule has 10 heteroatoms. The molecule has 0 unspecified atom stereocenters. The molecule has 5 nitrogen and oxygen atoms in total. The second kappa shape index (κ2) is 12.6. The van der Waals surface area contributed by atoms with E-state index in [9.17, 15) is 13.2 Å². The van der Waals surface area contributed by atoms with Crippen molar-refractivity contribution in [1.82, 2.24) is 9.80 Å². The van der Waals surface area contributed by atoms with Gasteiger partial charge in [0.15, 0.2) is 5.11 Å². The number of para-hydroxylation sites is 1. The highest BCUT2D eigenvalue weighted by Crippen LogP contribution is 2.36. The molecule has 0 bridgehead atoms. The Morgan fingerprint density at radius 3 is 2.65 bits per heavy atom. The first kappa shape index (κ1) is 26.5. The number of anilines is 1. The van der Waals surface area contributed by atoms with Gasteiger partial charge in [0.25, 0.3) is 0 Å². The van der Waals surface area contributed by atoms with E-state index in [4.69, 9.17) is 33.3 Å². The van der Waals surface area contributed by atoms with Crippen molar-refractivity contribution in [2.45, 2.75) is 26.1 Å². The van der Waals surface area contributed by atoms with Crippen LogP contribution < -0.4 is 10.1 Å². The summed E-state index contributed by atoms with van der Waals surface area (Å²) in [6, 6.07) is 11.2. The number of ether oxygens (including phenoxy) is 2. The Labute approximate surface area is 208 Å². The summed E-state index contributed by atoms with van der Waals surface area (Å²) >= 11 is 11.4. The maximum absolute atomic E-state index is 13.6. The molecular formula is C24H29ClF3N3O2S. The van der Waals surface area contributed by atoms with Crippen LogP contribution in [0.2, 0.25) is 5.02 Å². The smallest absolute Gasteiger partial charge is 0.418 e. The minimum Gasteiger partial charge on any atom is -0.494 e. The third-order valence-electron chi connectivity index (χ3n) is 5.46. The molecular weight excluding hydrogens is 487 g/mol. The SMILES string of the molecule is CCOc1ccccc1CN(CCCN1CCOCC1)C(=S)Nc1ccc(Cl)cc1C(F)(F)F. The third kappa shape index (κ3) is 7.73. The lowest BCUT2D eigenvalue weighted by Crippen LogP contribution is -2.40. The van der Waals surface area contributed by atoms with Crippen molar-refractivity contribution in [2.24, 2.45) is 0 Å². The average molecular weight is 516 g/mol. The minimum absolute atomic E-state index is 0.0109. The van der Waals surface area contributed by atoms with Gasteiger partial charge in [0.2, 0.25) is 0 Å². The van der Waals surface area contributed by atoms with E-state index in [1.165, 1.54) is 12.1 Å². The van der Waals surface area contributed by atoms with E-state index in [0.29, 0.717) is 32.9 Å². The highest BCUT2D eigenvalue weighted by Gasteiger charge is 2.34. The zero-order valence-corrected chi connectivity index (χ0v) is 20.6. The van der Waals surface area contributed by atoms with Gasteiger partial charge in [0.05, 0.1) is 31.1 Å². The lowest BCUT2D eigenvalue weighted by atomic mass is 10.1. The Hall–Kier alpha value is -2.07. The van der Waals surface area contributed by atoms with Crippen molar-refractivity contribution in [3.8, 4) is 5.75 Å². The van der Waals surface area contributed by atoms with Crippen LogP contribution in [0.1, 0.15) is 24.5 Å². The van der Waals surface area contributed by atoms with E-state index in [0.717, 1.165) is 43.4 Å². The Morgan fingerprint density at radius 1 is 1.21 bits per heavy atom. The molecule has 186 valence electrons. The van der Waals surface area contributed by atoms with E-state index in [-0.39, 0.29) is 15.8 Å². The first-order valence-corrected chi connectivity index (χ1v) is 12.0. The molecule has 0 saturated carbocycles. The van der Waals surface area contributed by atoms with Gasteiger partial charge in [-0.25, -0.2) is 0 Å². The Kier molecular flexibility index (Phi) is 9.82. The number of hydrogen-bond donors (Lipinski definition) is 1. The number of rotatable bonds is 9. The Morgan fingerprint density at radius 2 is 1.94 bits per heavy atom. The van der Waals surface area contributed by atoms with Crippen LogP contribution in [-0.2, 0) is 17.5 Å². The van der Waals surface area contributed by atoms with Crippen molar-refractivity contribution in [3.63, 3.8) is 0 Å². The fourth-order valence-corrected chi connectivity index (χ4v) is 4.19. The van der Waals surface area contributed by atoms with Gasteiger partial charge in [-0.1, -0.05) is 29.8 Å². The summed E-state index contributed by atoms with van der Waals surface area (Å²) < 4.78 is 51.9. The second-order valence-corrected chi connectivity index (χ2v) is 8.71. The summed E-state index contributed by atoms with van der Waals surface area (Å²) in [6.45, 7) is 7.40. The van der Waals surface area contributed by atoms with Crippen molar-refractivity contribution >= 4 is 34.6 Å². The van der Waals surface area contributed by atoms with Gasteiger partial charge in [-0.3, -0.25) is 4.90 Å². The standard InChI is InChI=1S/C24H29ClF3N3O2S/c1-2-33-22-7-4-3-6-18(22)17-31(11-5-10-30-12-14-32-15-13-30)23(34)29-21-9-8-19(25)16-20(21)24(26,27)28/h3-4,6-9,16H,2,5,10-15,17H2,1H3,(H,29,34). The third-order valence-corrected chi connectivity index (χ3v) is 6.05.